The maximum atomic E-state index is 6.54. The summed E-state index contributed by atoms with van der Waals surface area (Å²) in [5.74, 6) is 2.79. The van der Waals surface area contributed by atoms with Crippen LogP contribution in [0.3, 0.4) is 0 Å². The molecule has 3 unspecified atom stereocenters. The Morgan fingerprint density at radius 1 is 0.303 bits per heavy atom. The van der Waals surface area contributed by atoms with E-state index in [0.717, 1.165) is 88.8 Å². The van der Waals surface area contributed by atoms with Gasteiger partial charge in [0, 0.05) is 102 Å². The second-order valence-electron chi connectivity index (χ2n) is 36.9. The van der Waals surface area contributed by atoms with E-state index in [1.165, 1.54) is 136 Å². The van der Waals surface area contributed by atoms with E-state index in [1.54, 1.807) is 11.3 Å². The molecular weight excluding hydrogens is 1630 g/mol. The number of para-hydroxylation sites is 7. The van der Waals surface area contributed by atoms with Gasteiger partial charge in [-0.2, -0.15) is 9.97 Å². The fourth-order valence-corrected chi connectivity index (χ4v) is 23.7. The molecule has 3 atom stereocenters. The van der Waals surface area contributed by atoms with Gasteiger partial charge in [-0.15, -0.1) is 11.3 Å². The molecule has 0 saturated carbocycles. The molecule has 0 radical (unpaired) electrons. The molecule has 630 valence electrons. The SMILES string of the molecule is CC1(C)c2ccccc2-c2c1ccc1c2c2ccccc2n1-c1nc(-c2ccccc2)nc(-c2cccc3c2sc2ccccc23)n1.CC1(C)c2ccccc2-c2c1ccc1c2c2ccccc2n1-c1nc2ccccc2nc1-c1ccccc1.CC1(C)c2ccccc2-c2c1ccc1c2c2ccccc2n1C1NC(c2ccccc2)NC(c2cccc3c2oc2ccccc23)N1. The summed E-state index contributed by atoms with van der Waals surface area (Å²) >= 11 is 1.79. The summed E-state index contributed by atoms with van der Waals surface area (Å²) in [4.78, 5) is 26.1. The smallest absolute Gasteiger partial charge is 0.238 e. The first kappa shape index (κ1) is 77.5. The molecule has 0 spiro atoms. The molecule has 1 fully saturated rings. The Labute approximate surface area is 765 Å². The van der Waals surface area contributed by atoms with Gasteiger partial charge >= 0.3 is 0 Å². The van der Waals surface area contributed by atoms with Crippen molar-refractivity contribution in [3.63, 3.8) is 0 Å². The van der Waals surface area contributed by atoms with Crippen LogP contribution in [0.5, 0.6) is 0 Å². The Bertz CT molecular complexity index is 8900. The normalized spacial score (nSPS) is 16.0. The van der Waals surface area contributed by atoms with Crippen LogP contribution in [0.15, 0.2) is 387 Å². The number of hydrogen-bond donors (Lipinski definition) is 3. The second kappa shape index (κ2) is 29.7. The molecule has 17 aromatic carbocycles. The molecule has 4 aliphatic rings. The highest BCUT2D eigenvalue weighted by Gasteiger charge is 2.43. The molecule has 28 rings (SSSR count). The van der Waals surface area contributed by atoms with Gasteiger partial charge in [-0.3, -0.25) is 25.1 Å². The quantitative estimate of drug-likeness (QED) is 0.136. The monoisotopic (exact) mass is 1720 g/mol. The van der Waals surface area contributed by atoms with Crippen molar-refractivity contribution in [2.75, 3.05) is 0 Å². The van der Waals surface area contributed by atoms with E-state index >= 15 is 0 Å². The third-order valence-electron chi connectivity index (χ3n) is 28.6. The van der Waals surface area contributed by atoms with Crippen LogP contribution in [0.2, 0.25) is 0 Å². The number of benzene rings is 17. The topological polar surface area (TPSA) is 128 Å². The molecular formula is C119H87N11OS. The van der Waals surface area contributed by atoms with E-state index in [9.17, 15) is 0 Å². The van der Waals surface area contributed by atoms with E-state index in [4.69, 9.17) is 29.3 Å². The lowest BCUT2D eigenvalue weighted by Gasteiger charge is -2.40. The minimum atomic E-state index is -0.226. The standard InChI is InChI=1S/C42H34N4O.C42H28N4S.C35H25N3/c2*1-42(2)31-20-9-6-16-28(31)36-32(42)23-24-34-37(36)29-17-7-10-21-33(29)46(34)41-44-39(25-13-4-3-5-14-25)43-40(45-41)30-19-12-18-27-26-15-8-11-22-35(26)47-38(27)30;1-35(2)25-16-8-6-14-23(25)31-26(35)20-21-30-32(31)24-15-7-11-19-29(24)38(30)34-33(22-12-4-3-5-13-22)36-27-17-9-10-18-28(27)37-34/h3-24,39-41,43-45H,1-2H3;3-24H,1-2H3;3-21H,1-2H3. The number of thiophene rings is 1. The molecule has 132 heavy (non-hydrogen) atoms. The Balaban J connectivity index is 0.000000104. The summed E-state index contributed by atoms with van der Waals surface area (Å²) in [5.41, 5.74) is 32.6. The van der Waals surface area contributed by atoms with Gasteiger partial charge in [0.15, 0.2) is 17.5 Å². The van der Waals surface area contributed by atoms with Gasteiger partial charge in [0.25, 0.3) is 0 Å². The van der Waals surface area contributed by atoms with Crippen molar-refractivity contribution in [1.29, 1.82) is 0 Å². The van der Waals surface area contributed by atoms with Gasteiger partial charge in [-0.1, -0.05) is 357 Å². The predicted octanol–water partition coefficient (Wildman–Crippen LogP) is 29.3. The van der Waals surface area contributed by atoms with Crippen LogP contribution in [-0.2, 0) is 16.2 Å². The van der Waals surface area contributed by atoms with Crippen LogP contribution in [0.4, 0.5) is 0 Å². The van der Waals surface area contributed by atoms with Crippen LogP contribution >= 0.6 is 11.3 Å². The number of rotatable bonds is 8. The van der Waals surface area contributed by atoms with Crippen molar-refractivity contribution in [3.8, 4) is 79.2 Å². The Kier molecular flexibility index (Phi) is 17.5. The van der Waals surface area contributed by atoms with Gasteiger partial charge in [0.05, 0.1) is 56.5 Å². The zero-order valence-corrected chi connectivity index (χ0v) is 74.3. The molecule has 13 heteroatoms. The molecule has 0 bridgehead atoms. The fraction of sp³-hybridized carbons (Fsp3) is 0.101. The third-order valence-corrected chi connectivity index (χ3v) is 29.8. The van der Waals surface area contributed by atoms with Gasteiger partial charge in [0.2, 0.25) is 5.95 Å². The van der Waals surface area contributed by atoms with Crippen molar-refractivity contribution in [3.05, 3.63) is 427 Å². The van der Waals surface area contributed by atoms with Crippen molar-refractivity contribution in [2.24, 2.45) is 0 Å². The summed E-state index contributed by atoms with van der Waals surface area (Å²) < 4.78 is 16.0. The summed E-state index contributed by atoms with van der Waals surface area (Å²) in [7, 11) is 0. The van der Waals surface area contributed by atoms with Gasteiger partial charge in [-0.25, -0.2) is 15.0 Å². The predicted molar refractivity (Wildman–Crippen MR) is 543 cm³/mol. The van der Waals surface area contributed by atoms with Crippen LogP contribution in [-0.4, -0.2) is 38.6 Å². The van der Waals surface area contributed by atoms with Crippen molar-refractivity contribution in [1.82, 2.24) is 54.6 Å². The third kappa shape index (κ3) is 11.7. The largest absolute Gasteiger partial charge is 0.456 e. The lowest BCUT2D eigenvalue weighted by atomic mass is 9.82. The Morgan fingerprint density at radius 2 is 0.750 bits per heavy atom. The zero-order valence-electron chi connectivity index (χ0n) is 73.5. The zero-order chi connectivity index (χ0) is 88.0. The molecule has 0 amide bonds. The van der Waals surface area contributed by atoms with E-state index in [1.807, 2.05) is 60.7 Å². The highest BCUT2D eigenvalue weighted by Crippen LogP contribution is 2.58. The van der Waals surface area contributed by atoms with Crippen LogP contribution in [0.1, 0.15) is 105 Å². The molecule has 12 nitrogen and oxygen atoms in total. The molecule has 7 aromatic heterocycles. The fourth-order valence-electron chi connectivity index (χ4n) is 22.5. The summed E-state index contributed by atoms with van der Waals surface area (Å²) in [6, 6.07) is 136. The van der Waals surface area contributed by atoms with E-state index in [-0.39, 0.29) is 34.9 Å². The van der Waals surface area contributed by atoms with Crippen LogP contribution < -0.4 is 16.0 Å². The first-order valence-electron chi connectivity index (χ1n) is 45.6. The first-order chi connectivity index (χ1) is 64.8. The number of aromatic nitrogens is 8. The lowest BCUT2D eigenvalue weighted by molar-refractivity contribution is 0.161. The average Bonchev–Trinajstić information content (AvgIpc) is 1.54. The Morgan fingerprint density at radius 3 is 1.38 bits per heavy atom. The summed E-state index contributed by atoms with van der Waals surface area (Å²) in [6.07, 6.45) is -0.533. The number of nitrogens with one attached hydrogen (secondary N) is 3. The number of hydrogen-bond acceptors (Lipinski definition) is 10. The highest BCUT2D eigenvalue weighted by atomic mass is 32.1. The number of furan rings is 1. The van der Waals surface area contributed by atoms with Crippen molar-refractivity contribution in [2.45, 2.75) is 76.4 Å². The molecule has 3 aliphatic carbocycles. The second-order valence-corrected chi connectivity index (χ2v) is 38.0. The van der Waals surface area contributed by atoms with Crippen LogP contribution in [0.25, 0.3) is 198 Å². The average molecular weight is 1720 g/mol. The minimum absolute atomic E-state index is 0.0543. The van der Waals surface area contributed by atoms with Gasteiger partial charge in [-0.05, 0) is 139 Å². The highest BCUT2D eigenvalue weighted by molar-refractivity contribution is 7.26. The molecule has 3 N–H and O–H groups in total. The maximum absolute atomic E-state index is 6.54. The van der Waals surface area contributed by atoms with Crippen LogP contribution in [0, 0.1) is 0 Å². The first-order valence-corrected chi connectivity index (χ1v) is 46.4. The number of nitrogens with zero attached hydrogens (tertiary/aromatic N) is 8. The summed E-state index contributed by atoms with van der Waals surface area (Å²) in [6.45, 7) is 14.1. The minimum Gasteiger partial charge on any atom is -0.456 e. The Hall–Kier alpha value is -15.6. The van der Waals surface area contributed by atoms with Gasteiger partial charge < -0.3 is 8.98 Å². The van der Waals surface area contributed by atoms with Gasteiger partial charge in [0.1, 0.15) is 23.1 Å². The molecule has 1 saturated heterocycles. The number of fused-ring (bicyclic) bond motifs is 28. The van der Waals surface area contributed by atoms with E-state index in [2.05, 4.69) is 393 Å². The van der Waals surface area contributed by atoms with E-state index in [0.29, 0.717) is 17.6 Å². The van der Waals surface area contributed by atoms with E-state index < -0.39 is 0 Å². The lowest BCUT2D eigenvalue weighted by Crippen LogP contribution is -2.56. The summed E-state index contributed by atoms with van der Waals surface area (Å²) in [5, 5.41) is 24.1. The van der Waals surface area contributed by atoms with Crippen molar-refractivity contribution >= 4 is 130 Å². The van der Waals surface area contributed by atoms with Crippen molar-refractivity contribution < 1.29 is 4.42 Å². The maximum Gasteiger partial charge on any atom is 0.238 e. The molecule has 8 heterocycles. The molecule has 1 aliphatic heterocycles. The molecule has 24 aromatic rings.